The molecular formula is C23H33N3O3. The van der Waals surface area contributed by atoms with Crippen LogP contribution in [0.1, 0.15) is 31.9 Å². The molecule has 6 nitrogen and oxygen atoms in total. The largest absolute Gasteiger partial charge is 0.494 e. The topological polar surface area (TPSA) is 64.1 Å². The van der Waals surface area contributed by atoms with Crippen molar-refractivity contribution in [2.75, 3.05) is 34.4 Å². The highest BCUT2D eigenvalue weighted by atomic mass is 16.5. The Morgan fingerprint density at radius 3 is 2.34 bits per heavy atom. The lowest BCUT2D eigenvalue weighted by Gasteiger charge is -2.27. The van der Waals surface area contributed by atoms with E-state index >= 15 is 0 Å². The average molecular weight is 400 g/mol. The van der Waals surface area contributed by atoms with Crippen molar-refractivity contribution >= 4 is 5.96 Å². The van der Waals surface area contributed by atoms with E-state index < -0.39 is 0 Å². The molecule has 0 amide bonds. The number of para-hydroxylation sites is 1. The molecule has 0 atom stereocenters. The van der Waals surface area contributed by atoms with Gasteiger partial charge >= 0.3 is 0 Å². The number of rotatable bonds is 9. The van der Waals surface area contributed by atoms with E-state index in [9.17, 15) is 0 Å². The van der Waals surface area contributed by atoms with Gasteiger partial charge in [0.25, 0.3) is 0 Å². The first-order chi connectivity index (χ1) is 13.9. The maximum absolute atomic E-state index is 5.69. The third-order valence-electron chi connectivity index (χ3n) is 4.81. The summed E-state index contributed by atoms with van der Waals surface area (Å²) in [6, 6.07) is 14.1. The summed E-state index contributed by atoms with van der Waals surface area (Å²) in [5.74, 6) is 3.09. The van der Waals surface area contributed by atoms with Gasteiger partial charge in [0.2, 0.25) is 0 Å². The highest BCUT2D eigenvalue weighted by Crippen LogP contribution is 2.32. The molecule has 0 fully saturated rings. The molecule has 0 spiro atoms. The van der Waals surface area contributed by atoms with Crippen LogP contribution < -0.4 is 24.8 Å². The van der Waals surface area contributed by atoms with Crippen molar-refractivity contribution in [3.63, 3.8) is 0 Å². The summed E-state index contributed by atoms with van der Waals surface area (Å²) in [4.78, 5) is 4.35. The lowest BCUT2D eigenvalue weighted by Crippen LogP contribution is -2.43. The van der Waals surface area contributed by atoms with E-state index in [2.05, 4.69) is 41.6 Å². The summed E-state index contributed by atoms with van der Waals surface area (Å²) in [5, 5.41) is 6.79. The van der Waals surface area contributed by atoms with Crippen molar-refractivity contribution in [3.8, 4) is 17.2 Å². The Hall–Kier alpha value is -2.89. The molecule has 0 aliphatic rings. The number of hydrogen-bond donors (Lipinski definition) is 2. The zero-order chi connectivity index (χ0) is 21.3. The number of ether oxygens (including phenoxy) is 3. The Morgan fingerprint density at radius 1 is 0.966 bits per heavy atom. The molecule has 2 N–H and O–H groups in total. The summed E-state index contributed by atoms with van der Waals surface area (Å²) < 4.78 is 16.5. The van der Waals surface area contributed by atoms with Crippen LogP contribution in [0.4, 0.5) is 0 Å². The number of nitrogens with zero attached hydrogens (tertiary/aromatic N) is 1. The quantitative estimate of drug-likeness (QED) is 0.497. The van der Waals surface area contributed by atoms with Crippen molar-refractivity contribution in [1.82, 2.24) is 10.6 Å². The third kappa shape index (κ3) is 6.04. The summed E-state index contributed by atoms with van der Waals surface area (Å²) in [6.07, 6.45) is 0. The van der Waals surface area contributed by atoms with Crippen LogP contribution >= 0.6 is 0 Å². The van der Waals surface area contributed by atoms with Crippen LogP contribution in [0, 0.1) is 0 Å². The predicted octanol–water partition coefficient (Wildman–Crippen LogP) is 3.75. The van der Waals surface area contributed by atoms with E-state index in [0.29, 0.717) is 19.7 Å². The van der Waals surface area contributed by atoms with E-state index in [1.54, 1.807) is 21.3 Å². The van der Waals surface area contributed by atoms with Crippen molar-refractivity contribution < 1.29 is 14.2 Å². The first kappa shape index (κ1) is 22.4. The molecule has 0 aromatic heterocycles. The van der Waals surface area contributed by atoms with Gasteiger partial charge < -0.3 is 24.8 Å². The molecule has 0 heterocycles. The van der Waals surface area contributed by atoms with Crippen molar-refractivity contribution in [2.24, 2.45) is 4.99 Å². The molecular weight excluding hydrogens is 366 g/mol. The standard InChI is InChI=1S/C23H33N3O3/c1-7-29-19-11-9-8-10-17(19)15-25-22(24-4)26-16-23(2,3)18-12-13-20(27-5)21(14-18)28-6/h8-14H,7,15-16H2,1-6H3,(H2,24,25,26). The van der Waals surface area contributed by atoms with Crippen LogP contribution in [-0.2, 0) is 12.0 Å². The number of guanidine groups is 1. The SMILES string of the molecule is CCOc1ccccc1CNC(=NC)NCC(C)(C)c1ccc(OC)c(OC)c1. The second kappa shape index (κ2) is 10.6. The van der Waals surface area contributed by atoms with Gasteiger partial charge in [-0.2, -0.15) is 0 Å². The fourth-order valence-corrected chi connectivity index (χ4v) is 3.01. The van der Waals surface area contributed by atoms with E-state index in [1.165, 1.54) is 0 Å². The highest BCUT2D eigenvalue weighted by Gasteiger charge is 2.22. The molecule has 0 radical (unpaired) electrons. The van der Waals surface area contributed by atoms with Gasteiger partial charge in [0, 0.05) is 31.1 Å². The van der Waals surface area contributed by atoms with Crippen molar-refractivity contribution in [2.45, 2.75) is 32.7 Å². The molecule has 2 aromatic carbocycles. The third-order valence-corrected chi connectivity index (χ3v) is 4.81. The van der Waals surface area contributed by atoms with Gasteiger partial charge in [0.05, 0.1) is 20.8 Å². The van der Waals surface area contributed by atoms with Crippen molar-refractivity contribution in [1.29, 1.82) is 0 Å². The smallest absolute Gasteiger partial charge is 0.191 e. The van der Waals surface area contributed by atoms with Gasteiger partial charge in [0.15, 0.2) is 17.5 Å². The Kier molecular flexibility index (Phi) is 8.19. The van der Waals surface area contributed by atoms with Crippen LogP contribution in [-0.4, -0.2) is 40.4 Å². The van der Waals surface area contributed by atoms with Crippen LogP contribution in [0.5, 0.6) is 17.2 Å². The molecule has 0 aliphatic heterocycles. The van der Waals surface area contributed by atoms with Gasteiger partial charge in [-0.05, 0) is 30.7 Å². The number of nitrogens with one attached hydrogen (secondary N) is 2. The van der Waals surface area contributed by atoms with E-state index in [4.69, 9.17) is 14.2 Å². The minimum Gasteiger partial charge on any atom is -0.494 e. The average Bonchev–Trinajstić information content (AvgIpc) is 2.74. The fraction of sp³-hybridized carbons (Fsp3) is 0.435. The second-order valence-corrected chi connectivity index (χ2v) is 7.27. The normalized spacial score (nSPS) is 11.7. The van der Waals surface area contributed by atoms with Crippen molar-refractivity contribution in [3.05, 3.63) is 53.6 Å². The Balaban J connectivity index is 2.01. The molecule has 6 heteroatoms. The maximum atomic E-state index is 5.69. The zero-order valence-corrected chi connectivity index (χ0v) is 18.3. The molecule has 2 aromatic rings. The molecule has 0 saturated carbocycles. The first-order valence-electron chi connectivity index (χ1n) is 9.83. The van der Waals surface area contributed by atoms with Gasteiger partial charge in [0.1, 0.15) is 5.75 Å². The van der Waals surface area contributed by atoms with Crippen LogP contribution in [0.3, 0.4) is 0 Å². The summed E-state index contributed by atoms with van der Waals surface area (Å²) in [7, 11) is 5.06. The van der Waals surface area contributed by atoms with Crippen LogP contribution in [0.25, 0.3) is 0 Å². The second-order valence-electron chi connectivity index (χ2n) is 7.27. The number of benzene rings is 2. The highest BCUT2D eigenvalue weighted by molar-refractivity contribution is 5.79. The van der Waals surface area contributed by atoms with Gasteiger partial charge in [-0.1, -0.05) is 38.1 Å². The summed E-state index contributed by atoms with van der Waals surface area (Å²) in [6.45, 7) is 8.32. The molecule has 0 aliphatic carbocycles. The lowest BCUT2D eigenvalue weighted by molar-refractivity contribution is 0.336. The zero-order valence-electron chi connectivity index (χ0n) is 18.3. The molecule has 2 rings (SSSR count). The summed E-state index contributed by atoms with van der Waals surface area (Å²) >= 11 is 0. The Morgan fingerprint density at radius 2 is 1.69 bits per heavy atom. The van der Waals surface area contributed by atoms with Gasteiger partial charge in [-0.15, -0.1) is 0 Å². The molecule has 0 unspecified atom stereocenters. The van der Waals surface area contributed by atoms with E-state index in [1.807, 2.05) is 37.3 Å². The van der Waals surface area contributed by atoms with E-state index in [-0.39, 0.29) is 5.41 Å². The van der Waals surface area contributed by atoms with Crippen LogP contribution in [0.2, 0.25) is 0 Å². The lowest BCUT2D eigenvalue weighted by atomic mass is 9.84. The summed E-state index contributed by atoms with van der Waals surface area (Å²) in [5.41, 5.74) is 2.11. The number of methoxy groups -OCH3 is 2. The maximum Gasteiger partial charge on any atom is 0.191 e. The monoisotopic (exact) mass is 399 g/mol. The van der Waals surface area contributed by atoms with Gasteiger partial charge in [-0.3, -0.25) is 4.99 Å². The minimum absolute atomic E-state index is 0.138. The Bertz CT molecular complexity index is 819. The number of hydrogen-bond acceptors (Lipinski definition) is 4. The predicted molar refractivity (Wildman–Crippen MR) is 118 cm³/mol. The first-order valence-corrected chi connectivity index (χ1v) is 9.83. The molecule has 158 valence electrons. The number of aliphatic imine (C=N–C) groups is 1. The Labute approximate surface area is 174 Å². The van der Waals surface area contributed by atoms with Gasteiger partial charge in [-0.25, -0.2) is 0 Å². The van der Waals surface area contributed by atoms with E-state index in [0.717, 1.165) is 34.3 Å². The molecule has 0 bridgehead atoms. The fourth-order valence-electron chi connectivity index (χ4n) is 3.01. The molecule has 29 heavy (non-hydrogen) atoms. The van der Waals surface area contributed by atoms with Crippen LogP contribution in [0.15, 0.2) is 47.5 Å². The minimum atomic E-state index is -0.138. The molecule has 0 saturated heterocycles.